The summed E-state index contributed by atoms with van der Waals surface area (Å²) in [5.41, 5.74) is 6.18. The average molecular weight is 189 g/mol. The summed E-state index contributed by atoms with van der Waals surface area (Å²) in [5.74, 6) is 1.21. The van der Waals surface area contributed by atoms with Crippen LogP contribution in [-0.4, -0.2) is 30.3 Å². The predicted octanol–water partition coefficient (Wildman–Crippen LogP) is 1.64. The maximum atomic E-state index is 6.21. The molecule has 0 aromatic heterocycles. The minimum atomic E-state index is -0.0320. The molecule has 2 N–H and O–H groups in total. The highest BCUT2D eigenvalue weighted by Gasteiger charge is 2.36. The summed E-state index contributed by atoms with van der Waals surface area (Å²) in [6.07, 6.45) is 5.74. The van der Waals surface area contributed by atoms with Crippen LogP contribution in [-0.2, 0) is 4.74 Å². The Balaban J connectivity index is 2.27. The van der Waals surface area contributed by atoms with E-state index in [0.29, 0.717) is 0 Å². The van der Waals surface area contributed by atoms with Gasteiger partial charge in [-0.1, -0.05) is 0 Å². The summed E-state index contributed by atoms with van der Waals surface area (Å²) in [7, 11) is 0. The molecule has 0 aromatic rings. The van der Waals surface area contributed by atoms with Crippen LogP contribution in [0.2, 0.25) is 0 Å². The Morgan fingerprint density at radius 1 is 1.67 bits per heavy atom. The number of thioether (sulfide) groups is 1. The van der Waals surface area contributed by atoms with E-state index < -0.39 is 0 Å². The lowest BCUT2D eigenvalue weighted by Gasteiger charge is -2.27. The van der Waals surface area contributed by atoms with Crippen LogP contribution in [0, 0.1) is 0 Å². The van der Waals surface area contributed by atoms with Crippen LogP contribution in [0.4, 0.5) is 0 Å². The second kappa shape index (κ2) is 4.49. The van der Waals surface area contributed by atoms with Crippen LogP contribution in [0.15, 0.2) is 0 Å². The van der Waals surface area contributed by atoms with Crippen LogP contribution in [0.3, 0.4) is 0 Å². The van der Waals surface area contributed by atoms with Gasteiger partial charge in [0.2, 0.25) is 0 Å². The van der Waals surface area contributed by atoms with E-state index in [1.165, 1.54) is 12.2 Å². The van der Waals surface area contributed by atoms with Crippen molar-refractivity contribution in [3.8, 4) is 0 Å². The van der Waals surface area contributed by atoms with Crippen LogP contribution in [0.1, 0.15) is 26.2 Å². The molecule has 1 fully saturated rings. The summed E-state index contributed by atoms with van der Waals surface area (Å²) in [6, 6.07) is 0. The van der Waals surface area contributed by atoms with E-state index in [4.69, 9.17) is 10.5 Å². The van der Waals surface area contributed by atoms with E-state index in [2.05, 4.69) is 13.2 Å². The summed E-state index contributed by atoms with van der Waals surface area (Å²) >= 11 is 1.89. The lowest BCUT2D eigenvalue weighted by Crippen LogP contribution is -2.45. The Morgan fingerprint density at radius 2 is 2.42 bits per heavy atom. The Labute approximate surface area is 79.2 Å². The molecule has 0 saturated carbocycles. The van der Waals surface area contributed by atoms with Crippen molar-refractivity contribution in [2.45, 2.75) is 37.8 Å². The number of ether oxygens (including phenoxy) is 1. The molecule has 2 atom stereocenters. The highest BCUT2D eigenvalue weighted by Crippen LogP contribution is 2.27. The first-order valence-electron chi connectivity index (χ1n) is 4.58. The molecule has 0 bridgehead atoms. The molecule has 1 saturated heterocycles. The van der Waals surface area contributed by atoms with Gasteiger partial charge in [-0.25, -0.2) is 0 Å². The maximum Gasteiger partial charge on any atom is 0.0727 e. The van der Waals surface area contributed by atoms with Crippen LogP contribution in [0.5, 0.6) is 0 Å². The van der Waals surface area contributed by atoms with Crippen molar-refractivity contribution in [1.82, 2.24) is 0 Å². The Bertz CT molecular complexity index is 142. The van der Waals surface area contributed by atoms with Gasteiger partial charge in [0, 0.05) is 12.1 Å². The second-order valence-electron chi connectivity index (χ2n) is 3.59. The van der Waals surface area contributed by atoms with Gasteiger partial charge in [0.1, 0.15) is 0 Å². The highest BCUT2D eigenvalue weighted by atomic mass is 32.2. The maximum absolute atomic E-state index is 6.21. The summed E-state index contributed by atoms with van der Waals surface area (Å²) < 4.78 is 5.47. The molecule has 2 nitrogen and oxygen atoms in total. The molecule has 0 amide bonds. The Kier molecular flexibility index (Phi) is 3.87. The van der Waals surface area contributed by atoms with Crippen molar-refractivity contribution in [3.63, 3.8) is 0 Å². The van der Waals surface area contributed by atoms with E-state index in [-0.39, 0.29) is 11.6 Å². The van der Waals surface area contributed by atoms with Gasteiger partial charge in [-0.15, -0.1) is 0 Å². The molecule has 1 aliphatic heterocycles. The normalized spacial score (nSPS) is 35.8. The van der Waals surface area contributed by atoms with E-state index in [9.17, 15) is 0 Å². The van der Waals surface area contributed by atoms with Crippen LogP contribution in [0.25, 0.3) is 0 Å². The minimum Gasteiger partial charge on any atom is -0.377 e. The van der Waals surface area contributed by atoms with E-state index in [1.54, 1.807) is 0 Å². The molecule has 1 heterocycles. The first-order valence-corrected chi connectivity index (χ1v) is 5.98. The van der Waals surface area contributed by atoms with Crippen molar-refractivity contribution in [2.24, 2.45) is 5.73 Å². The molecular formula is C9H19NOS. The van der Waals surface area contributed by atoms with Gasteiger partial charge in [0.05, 0.1) is 6.10 Å². The summed E-state index contributed by atoms with van der Waals surface area (Å²) in [6.45, 7) is 2.93. The molecule has 0 aromatic carbocycles. The summed E-state index contributed by atoms with van der Waals surface area (Å²) in [4.78, 5) is 0. The molecule has 0 radical (unpaired) electrons. The minimum absolute atomic E-state index is 0.0320. The average Bonchev–Trinajstić information content (AvgIpc) is 2.34. The highest BCUT2D eigenvalue weighted by molar-refractivity contribution is 7.98. The molecule has 1 rings (SSSR count). The monoisotopic (exact) mass is 189 g/mol. The van der Waals surface area contributed by atoms with Gasteiger partial charge in [-0.3, -0.25) is 0 Å². The molecule has 0 spiro atoms. The molecule has 3 heteroatoms. The predicted molar refractivity (Wildman–Crippen MR) is 54.6 cm³/mol. The molecule has 1 aliphatic rings. The van der Waals surface area contributed by atoms with Crippen molar-refractivity contribution < 1.29 is 4.74 Å². The number of hydrogen-bond donors (Lipinski definition) is 1. The third kappa shape index (κ3) is 2.38. The zero-order valence-corrected chi connectivity index (χ0v) is 8.82. The third-order valence-electron chi connectivity index (χ3n) is 2.74. The third-order valence-corrected chi connectivity index (χ3v) is 3.43. The smallest absolute Gasteiger partial charge is 0.0727 e. The fraction of sp³-hybridized carbons (Fsp3) is 1.00. The van der Waals surface area contributed by atoms with E-state index in [0.717, 1.165) is 19.4 Å². The standard InChI is InChI=1S/C9H19NOS/c1-8-9(10,5-6-11-8)4-3-7-12-2/h8H,3-7,10H2,1-2H3. The van der Waals surface area contributed by atoms with E-state index in [1.807, 2.05) is 11.8 Å². The van der Waals surface area contributed by atoms with Gasteiger partial charge in [0.25, 0.3) is 0 Å². The Morgan fingerprint density at radius 3 is 2.92 bits per heavy atom. The topological polar surface area (TPSA) is 35.2 Å². The fourth-order valence-electron chi connectivity index (χ4n) is 1.67. The quantitative estimate of drug-likeness (QED) is 0.683. The van der Waals surface area contributed by atoms with Crippen molar-refractivity contribution in [2.75, 3.05) is 18.6 Å². The first-order chi connectivity index (χ1) is 5.69. The molecule has 72 valence electrons. The van der Waals surface area contributed by atoms with Gasteiger partial charge in [-0.05, 0) is 38.2 Å². The zero-order chi connectivity index (χ0) is 9.03. The van der Waals surface area contributed by atoms with Crippen molar-refractivity contribution in [3.05, 3.63) is 0 Å². The molecule has 12 heavy (non-hydrogen) atoms. The van der Waals surface area contributed by atoms with Crippen LogP contribution >= 0.6 is 11.8 Å². The zero-order valence-electron chi connectivity index (χ0n) is 8.01. The number of rotatable bonds is 4. The van der Waals surface area contributed by atoms with E-state index >= 15 is 0 Å². The van der Waals surface area contributed by atoms with Crippen molar-refractivity contribution >= 4 is 11.8 Å². The van der Waals surface area contributed by atoms with Crippen molar-refractivity contribution in [1.29, 1.82) is 0 Å². The SMILES string of the molecule is CSCCCC1(N)CCOC1C. The molecule has 2 unspecified atom stereocenters. The lowest BCUT2D eigenvalue weighted by atomic mass is 9.88. The van der Waals surface area contributed by atoms with Gasteiger partial charge < -0.3 is 10.5 Å². The molecule has 0 aliphatic carbocycles. The number of nitrogens with two attached hydrogens (primary N) is 1. The van der Waals surface area contributed by atoms with Gasteiger partial charge >= 0.3 is 0 Å². The largest absolute Gasteiger partial charge is 0.377 e. The van der Waals surface area contributed by atoms with Crippen LogP contribution < -0.4 is 5.73 Å². The van der Waals surface area contributed by atoms with Gasteiger partial charge in [0.15, 0.2) is 0 Å². The number of hydrogen-bond acceptors (Lipinski definition) is 3. The fourth-order valence-corrected chi connectivity index (χ4v) is 2.10. The molecular weight excluding hydrogens is 170 g/mol. The second-order valence-corrected chi connectivity index (χ2v) is 4.58. The lowest BCUT2D eigenvalue weighted by molar-refractivity contribution is 0.0928. The first kappa shape index (κ1) is 10.4. The summed E-state index contributed by atoms with van der Waals surface area (Å²) in [5, 5.41) is 0. The Hall–Kier alpha value is 0.270. The van der Waals surface area contributed by atoms with Gasteiger partial charge in [-0.2, -0.15) is 11.8 Å².